The van der Waals surface area contributed by atoms with Crippen molar-refractivity contribution in [1.29, 1.82) is 0 Å². The average molecular weight is 674 g/mol. The maximum atomic E-state index is 13.3. The molecule has 0 aliphatic carbocycles. The molecule has 0 amide bonds. The summed E-state index contributed by atoms with van der Waals surface area (Å²) >= 11 is 10.5. The Balaban J connectivity index is 2.11. The van der Waals surface area contributed by atoms with Crippen molar-refractivity contribution in [3.8, 4) is 11.5 Å². The highest BCUT2D eigenvalue weighted by molar-refractivity contribution is 9.13. The zero-order valence-electron chi connectivity index (χ0n) is 19.6. The number of ether oxygens (including phenoxy) is 3. The smallest absolute Gasteiger partial charge is 0.346 e. The third-order valence-corrected chi connectivity index (χ3v) is 7.58. The van der Waals surface area contributed by atoms with Crippen LogP contribution in [0.25, 0.3) is 10.9 Å². The molecule has 1 atom stereocenters. The molecule has 0 saturated carbocycles. The average Bonchev–Trinajstić information content (AvgIpc) is 2.84. The van der Waals surface area contributed by atoms with Crippen LogP contribution in [0.1, 0.15) is 38.6 Å². The van der Waals surface area contributed by atoms with Crippen molar-refractivity contribution in [1.82, 2.24) is 9.66 Å². The summed E-state index contributed by atoms with van der Waals surface area (Å²) in [6.07, 6.45) is 2.10. The number of halogens is 3. The van der Waals surface area contributed by atoms with Crippen molar-refractivity contribution in [2.45, 2.75) is 39.7 Å². The van der Waals surface area contributed by atoms with Gasteiger partial charge in [-0.15, -0.1) is 0 Å². The standard InChI is InChI=1S/C24H24Br3N3O5/c1-5-7-19-29-17-9-8-15(25)11-16(17)23(31)30(19)28-12-14-10-18(34-6-2)22(21(27)20(14)26)35-13(3)24(32)33-4/h8-13H,5-7H2,1-4H3/t13-/m0/s1. The number of carbonyl (C=O) groups excluding carboxylic acids is 1. The van der Waals surface area contributed by atoms with Crippen LogP contribution in [0, 0.1) is 0 Å². The van der Waals surface area contributed by atoms with E-state index in [1.807, 2.05) is 26.0 Å². The van der Waals surface area contributed by atoms with Crippen LogP contribution in [0.3, 0.4) is 0 Å². The van der Waals surface area contributed by atoms with Crippen LogP contribution in [0.15, 0.2) is 47.6 Å². The van der Waals surface area contributed by atoms with Crippen molar-refractivity contribution in [3.63, 3.8) is 0 Å². The van der Waals surface area contributed by atoms with E-state index in [4.69, 9.17) is 14.2 Å². The molecular formula is C24H24Br3N3O5. The number of hydrogen-bond donors (Lipinski definition) is 0. The fourth-order valence-corrected chi connectivity index (χ4v) is 4.56. The Morgan fingerprint density at radius 1 is 1.20 bits per heavy atom. The largest absolute Gasteiger partial charge is 0.490 e. The summed E-state index contributed by atoms with van der Waals surface area (Å²) in [7, 11) is 1.30. The van der Waals surface area contributed by atoms with Crippen LogP contribution in [0.2, 0.25) is 0 Å². The molecule has 186 valence electrons. The number of methoxy groups -OCH3 is 1. The first-order valence-electron chi connectivity index (χ1n) is 10.9. The van der Waals surface area contributed by atoms with Crippen LogP contribution in [-0.4, -0.2) is 41.7 Å². The Kier molecular flexibility index (Phi) is 9.48. The van der Waals surface area contributed by atoms with Gasteiger partial charge in [-0.3, -0.25) is 4.79 Å². The lowest BCUT2D eigenvalue weighted by atomic mass is 10.2. The highest BCUT2D eigenvalue weighted by atomic mass is 79.9. The molecule has 0 aliphatic heterocycles. The Hall–Kier alpha value is -2.24. The monoisotopic (exact) mass is 671 g/mol. The van der Waals surface area contributed by atoms with E-state index in [-0.39, 0.29) is 5.56 Å². The normalized spacial score (nSPS) is 12.2. The van der Waals surface area contributed by atoms with Gasteiger partial charge in [-0.2, -0.15) is 9.78 Å². The summed E-state index contributed by atoms with van der Waals surface area (Å²) < 4.78 is 19.6. The van der Waals surface area contributed by atoms with Crippen LogP contribution in [-0.2, 0) is 16.0 Å². The Morgan fingerprint density at radius 3 is 2.60 bits per heavy atom. The van der Waals surface area contributed by atoms with Gasteiger partial charge in [-0.25, -0.2) is 9.78 Å². The minimum atomic E-state index is -0.847. The summed E-state index contributed by atoms with van der Waals surface area (Å²) in [6, 6.07) is 7.12. The van der Waals surface area contributed by atoms with Gasteiger partial charge >= 0.3 is 5.97 Å². The van der Waals surface area contributed by atoms with E-state index in [2.05, 4.69) is 57.9 Å². The van der Waals surface area contributed by atoms with Gasteiger partial charge in [-0.1, -0.05) is 22.9 Å². The number of aryl methyl sites for hydroxylation is 1. The van der Waals surface area contributed by atoms with Gasteiger partial charge in [0.05, 0.1) is 35.3 Å². The van der Waals surface area contributed by atoms with Crippen LogP contribution in [0.4, 0.5) is 0 Å². The first-order chi connectivity index (χ1) is 16.7. The molecule has 0 unspecified atom stereocenters. The van der Waals surface area contributed by atoms with Gasteiger partial charge < -0.3 is 14.2 Å². The van der Waals surface area contributed by atoms with Gasteiger partial charge in [-0.05, 0) is 76.4 Å². The molecule has 11 heteroatoms. The summed E-state index contributed by atoms with van der Waals surface area (Å²) in [6.45, 7) is 5.82. The lowest BCUT2D eigenvalue weighted by Gasteiger charge is -2.19. The summed E-state index contributed by atoms with van der Waals surface area (Å²) in [5.41, 5.74) is 0.988. The van der Waals surface area contributed by atoms with Crippen molar-refractivity contribution >= 4 is 70.9 Å². The molecule has 2 aromatic carbocycles. The number of carbonyl (C=O) groups is 1. The number of hydrogen-bond acceptors (Lipinski definition) is 7. The molecule has 3 rings (SSSR count). The molecule has 0 radical (unpaired) electrons. The zero-order valence-corrected chi connectivity index (χ0v) is 24.4. The predicted molar refractivity (Wildman–Crippen MR) is 146 cm³/mol. The number of benzene rings is 2. The molecule has 0 spiro atoms. The second kappa shape index (κ2) is 12.1. The molecule has 3 aromatic rings. The maximum Gasteiger partial charge on any atom is 0.346 e. The van der Waals surface area contributed by atoms with E-state index in [0.717, 1.165) is 10.9 Å². The van der Waals surface area contributed by atoms with Gasteiger partial charge in [0.2, 0.25) is 0 Å². The molecule has 8 nitrogen and oxygen atoms in total. The molecule has 0 aliphatic rings. The Morgan fingerprint density at radius 2 is 1.94 bits per heavy atom. The topological polar surface area (TPSA) is 92.0 Å². The van der Waals surface area contributed by atoms with Gasteiger partial charge in [0.25, 0.3) is 5.56 Å². The molecule has 35 heavy (non-hydrogen) atoms. The van der Waals surface area contributed by atoms with E-state index < -0.39 is 12.1 Å². The van der Waals surface area contributed by atoms with Crippen LogP contribution < -0.4 is 15.0 Å². The molecule has 0 fully saturated rings. The van der Waals surface area contributed by atoms with E-state index in [1.54, 1.807) is 25.3 Å². The van der Waals surface area contributed by atoms with E-state index in [1.165, 1.54) is 11.8 Å². The molecule has 1 aromatic heterocycles. The lowest BCUT2D eigenvalue weighted by Crippen LogP contribution is -2.25. The number of esters is 1. The maximum absolute atomic E-state index is 13.3. The van der Waals surface area contributed by atoms with Crippen molar-refractivity contribution in [2.24, 2.45) is 5.10 Å². The number of aromatic nitrogens is 2. The summed E-state index contributed by atoms with van der Waals surface area (Å²) in [4.78, 5) is 29.8. The summed E-state index contributed by atoms with van der Waals surface area (Å²) in [5.74, 6) is 0.798. The highest BCUT2D eigenvalue weighted by Crippen LogP contribution is 2.43. The van der Waals surface area contributed by atoms with Crippen molar-refractivity contribution in [3.05, 3.63) is 59.4 Å². The van der Waals surface area contributed by atoms with Crippen molar-refractivity contribution in [2.75, 3.05) is 13.7 Å². The lowest BCUT2D eigenvalue weighted by molar-refractivity contribution is -0.148. The fourth-order valence-electron chi connectivity index (χ4n) is 3.28. The Bertz CT molecular complexity index is 1340. The minimum absolute atomic E-state index is 0.261. The zero-order chi connectivity index (χ0) is 25.7. The number of rotatable bonds is 9. The molecular weight excluding hydrogens is 650 g/mol. The minimum Gasteiger partial charge on any atom is -0.490 e. The highest BCUT2D eigenvalue weighted by Gasteiger charge is 2.23. The van der Waals surface area contributed by atoms with Crippen molar-refractivity contribution < 1.29 is 19.0 Å². The number of nitrogens with zero attached hydrogens (tertiary/aromatic N) is 3. The van der Waals surface area contributed by atoms with Gasteiger partial charge in [0.1, 0.15) is 5.82 Å². The predicted octanol–water partition coefficient (Wildman–Crippen LogP) is 5.86. The van der Waals surface area contributed by atoms with Crippen LogP contribution in [0.5, 0.6) is 11.5 Å². The first kappa shape index (κ1) is 27.3. The van der Waals surface area contributed by atoms with E-state index >= 15 is 0 Å². The van der Waals surface area contributed by atoms with Gasteiger partial charge in [0.15, 0.2) is 17.6 Å². The first-order valence-corrected chi connectivity index (χ1v) is 13.2. The summed E-state index contributed by atoms with van der Waals surface area (Å²) in [5, 5.41) is 4.95. The van der Waals surface area contributed by atoms with Crippen LogP contribution >= 0.6 is 47.8 Å². The third kappa shape index (κ3) is 6.13. The fraction of sp³-hybridized carbons (Fsp3) is 0.333. The molecule has 0 bridgehead atoms. The number of fused-ring (bicyclic) bond motifs is 1. The molecule has 0 saturated heterocycles. The second-order valence-electron chi connectivity index (χ2n) is 7.44. The quantitative estimate of drug-likeness (QED) is 0.209. The Labute approximate surface area is 228 Å². The second-order valence-corrected chi connectivity index (χ2v) is 9.94. The molecule has 1 heterocycles. The SMILES string of the molecule is CCCc1nc2ccc(Br)cc2c(=O)n1N=Cc1cc(OCC)c(O[C@@H](C)C(=O)OC)c(Br)c1Br. The third-order valence-electron chi connectivity index (χ3n) is 4.94. The molecule has 0 N–H and O–H groups in total. The van der Waals surface area contributed by atoms with Gasteiger partial charge in [0, 0.05) is 20.9 Å². The van der Waals surface area contributed by atoms with E-state index in [9.17, 15) is 9.59 Å². The van der Waals surface area contributed by atoms with E-state index in [0.29, 0.717) is 55.8 Å².